The molecule has 2 unspecified atom stereocenters. The standard InChI is InChI=1S/C10H20N2O3.ClH/c1-6(2)5-7(11)9(13)12-8-3-4-15-10(8)14;/h6-8,10,14H,3-5,11H2,1-2H3,(H,12,13);1H/t7?,8-,10?;/m0./s1. The van der Waals surface area contributed by atoms with Crippen molar-refractivity contribution in [3.05, 3.63) is 0 Å². The monoisotopic (exact) mass is 252 g/mol. The van der Waals surface area contributed by atoms with Crippen LogP contribution in [0.2, 0.25) is 0 Å². The smallest absolute Gasteiger partial charge is 0.237 e. The van der Waals surface area contributed by atoms with E-state index >= 15 is 0 Å². The number of hydrogen-bond donors (Lipinski definition) is 3. The zero-order valence-electron chi connectivity index (χ0n) is 9.68. The largest absolute Gasteiger partial charge is 0.366 e. The molecule has 1 saturated heterocycles. The van der Waals surface area contributed by atoms with Gasteiger partial charge in [0, 0.05) is 0 Å². The Bertz CT molecular complexity index is 226. The second-order valence-corrected chi connectivity index (χ2v) is 4.40. The van der Waals surface area contributed by atoms with Crippen molar-refractivity contribution in [3.63, 3.8) is 0 Å². The van der Waals surface area contributed by atoms with Crippen LogP contribution < -0.4 is 11.1 Å². The number of nitrogens with one attached hydrogen (secondary N) is 1. The lowest BCUT2D eigenvalue weighted by Crippen LogP contribution is -2.48. The van der Waals surface area contributed by atoms with Gasteiger partial charge in [0.15, 0.2) is 6.29 Å². The third-order valence-electron chi connectivity index (χ3n) is 2.45. The Morgan fingerprint density at radius 2 is 2.25 bits per heavy atom. The minimum Gasteiger partial charge on any atom is -0.366 e. The van der Waals surface area contributed by atoms with Gasteiger partial charge in [0.2, 0.25) is 5.91 Å². The van der Waals surface area contributed by atoms with Gasteiger partial charge in [-0.2, -0.15) is 0 Å². The lowest BCUT2D eigenvalue weighted by molar-refractivity contribution is -0.126. The lowest BCUT2D eigenvalue weighted by Gasteiger charge is -2.19. The van der Waals surface area contributed by atoms with E-state index in [0.717, 1.165) is 0 Å². The van der Waals surface area contributed by atoms with Crippen LogP contribution in [0.15, 0.2) is 0 Å². The molecule has 1 aliphatic rings. The molecule has 5 nitrogen and oxygen atoms in total. The minimum absolute atomic E-state index is 0. The molecule has 4 N–H and O–H groups in total. The van der Waals surface area contributed by atoms with Crippen molar-refractivity contribution < 1.29 is 14.6 Å². The van der Waals surface area contributed by atoms with Gasteiger partial charge in [-0.15, -0.1) is 12.4 Å². The van der Waals surface area contributed by atoms with E-state index in [1.165, 1.54) is 0 Å². The van der Waals surface area contributed by atoms with E-state index < -0.39 is 12.3 Å². The molecule has 0 aromatic rings. The van der Waals surface area contributed by atoms with Crippen LogP contribution in [0.4, 0.5) is 0 Å². The first-order valence-electron chi connectivity index (χ1n) is 5.36. The van der Waals surface area contributed by atoms with Gasteiger partial charge in [-0.3, -0.25) is 4.79 Å². The highest BCUT2D eigenvalue weighted by Gasteiger charge is 2.29. The van der Waals surface area contributed by atoms with Gasteiger partial charge in [0.25, 0.3) is 0 Å². The van der Waals surface area contributed by atoms with Crippen LogP contribution in [0, 0.1) is 5.92 Å². The molecule has 16 heavy (non-hydrogen) atoms. The molecule has 3 atom stereocenters. The van der Waals surface area contributed by atoms with Crippen molar-refractivity contribution in [1.29, 1.82) is 0 Å². The molecule has 96 valence electrons. The average molecular weight is 253 g/mol. The molecule has 1 aliphatic heterocycles. The highest BCUT2D eigenvalue weighted by molar-refractivity contribution is 5.85. The van der Waals surface area contributed by atoms with Gasteiger partial charge in [0.05, 0.1) is 18.7 Å². The van der Waals surface area contributed by atoms with Crippen LogP contribution in [0.25, 0.3) is 0 Å². The Balaban J connectivity index is 0.00000225. The van der Waals surface area contributed by atoms with E-state index in [9.17, 15) is 9.90 Å². The maximum Gasteiger partial charge on any atom is 0.237 e. The number of ether oxygens (including phenoxy) is 1. The van der Waals surface area contributed by atoms with Crippen LogP contribution in [-0.2, 0) is 9.53 Å². The highest BCUT2D eigenvalue weighted by atomic mass is 35.5. The molecular weight excluding hydrogens is 232 g/mol. The molecule has 0 spiro atoms. The molecule has 0 aliphatic carbocycles. The maximum atomic E-state index is 11.6. The summed E-state index contributed by atoms with van der Waals surface area (Å²) in [5.41, 5.74) is 5.71. The van der Waals surface area contributed by atoms with Crippen molar-refractivity contribution in [2.24, 2.45) is 11.7 Å². The van der Waals surface area contributed by atoms with E-state index in [2.05, 4.69) is 5.32 Å². The number of aliphatic hydroxyl groups is 1. The molecule has 0 saturated carbocycles. The van der Waals surface area contributed by atoms with Crippen LogP contribution >= 0.6 is 12.4 Å². The quantitative estimate of drug-likeness (QED) is 0.658. The fourth-order valence-corrected chi connectivity index (χ4v) is 1.62. The maximum absolute atomic E-state index is 11.6. The number of carbonyl (C=O) groups is 1. The predicted molar refractivity (Wildman–Crippen MR) is 63.2 cm³/mol. The third-order valence-corrected chi connectivity index (χ3v) is 2.45. The summed E-state index contributed by atoms with van der Waals surface area (Å²) in [5, 5.41) is 12.0. The minimum atomic E-state index is -0.889. The van der Waals surface area contributed by atoms with Crippen LogP contribution in [-0.4, -0.2) is 36.0 Å². The second-order valence-electron chi connectivity index (χ2n) is 4.40. The second kappa shape index (κ2) is 7.06. The normalized spacial score (nSPS) is 26.3. The summed E-state index contributed by atoms with van der Waals surface area (Å²) < 4.78 is 4.93. The van der Waals surface area contributed by atoms with E-state index in [1.54, 1.807) is 0 Å². The summed E-state index contributed by atoms with van der Waals surface area (Å²) in [4.78, 5) is 11.6. The van der Waals surface area contributed by atoms with Gasteiger partial charge in [0.1, 0.15) is 0 Å². The first-order chi connectivity index (χ1) is 7.00. The Labute approximate surface area is 102 Å². The summed E-state index contributed by atoms with van der Waals surface area (Å²) >= 11 is 0. The summed E-state index contributed by atoms with van der Waals surface area (Å²) in [6.45, 7) is 4.51. The van der Waals surface area contributed by atoms with Gasteiger partial charge in [-0.05, 0) is 18.8 Å². The van der Waals surface area contributed by atoms with Crippen molar-refractivity contribution in [2.45, 2.75) is 45.1 Å². The van der Waals surface area contributed by atoms with E-state index in [1.807, 2.05) is 13.8 Å². The first-order valence-corrected chi connectivity index (χ1v) is 5.36. The molecule has 6 heteroatoms. The van der Waals surface area contributed by atoms with Crippen LogP contribution in [0.1, 0.15) is 26.7 Å². The Hall–Kier alpha value is -0.360. The Morgan fingerprint density at radius 1 is 1.62 bits per heavy atom. The lowest BCUT2D eigenvalue weighted by atomic mass is 10.0. The fourth-order valence-electron chi connectivity index (χ4n) is 1.62. The molecular formula is C10H21ClN2O3. The number of halogens is 1. The van der Waals surface area contributed by atoms with Crippen LogP contribution in [0.5, 0.6) is 0 Å². The number of aliphatic hydroxyl groups excluding tert-OH is 1. The molecule has 0 aromatic carbocycles. The van der Waals surface area contributed by atoms with E-state index in [4.69, 9.17) is 10.5 Å². The van der Waals surface area contributed by atoms with Gasteiger partial charge in [-0.1, -0.05) is 13.8 Å². The number of rotatable bonds is 4. The number of hydrogen-bond acceptors (Lipinski definition) is 4. The predicted octanol–water partition coefficient (Wildman–Crippen LogP) is 0.00510. The topological polar surface area (TPSA) is 84.6 Å². The number of amides is 1. The zero-order chi connectivity index (χ0) is 11.4. The molecule has 1 fully saturated rings. The summed E-state index contributed by atoms with van der Waals surface area (Å²) in [6, 6.07) is -0.812. The molecule has 0 radical (unpaired) electrons. The summed E-state index contributed by atoms with van der Waals surface area (Å²) in [5.74, 6) is 0.175. The van der Waals surface area contributed by atoms with Crippen LogP contribution in [0.3, 0.4) is 0 Å². The first kappa shape index (κ1) is 15.6. The third kappa shape index (κ3) is 4.65. The molecule has 0 bridgehead atoms. The average Bonchev–Trinajstić information content (AvgIpc) is 2.50. The molecule has 1 heterocycles. The van der Waals surface area contributed by atoms with Crippen molar-refractivity contribution in [2.75, 3.05) is 6.61 Å². The molecule has 1 amide bonds. The SMILES string of the molecule is CC(C)CC(N)C(=O)N[C@H]1CCOC1O.Cl. The van der Waals surface area contributed by atoms with Crippen molar-refractivity contribution in [1.82, 2.24) is 5.32 Å². The number of nitrogens with two attached hydrogens (primary N) is 1. The van der Waals surface area contributed by atoms with Crippen molar-refractivity contribution in [3.8, 4) is 0 Å². The molecule has 1 rings (SSSR count). The van der Waals surface area contributed by atoms with Gasteiger partial charge >= 0.3 is 0 Å². The van der Waals surface area contributed by atoms with Gasteiger partial charge < -0.3 is 20.9 Å². The fraction of sp³-hybridized carbons (Fsp3) is 0.900. The zero-order valence-corrected chi connectivity index (χ0v) is 10.5. The number of carbonyl (C=O) groups excluding carboxylic acids is 1. The van der Waals surface area contributed by atoms with E-state index in [-0.39, 0.29) is 24.4 Å². The van der Waals surface area contributed by atoms with E-state index in [0.29, 0.717) is 25.4 Å². The Morgan fingerprint density at radius 3 is 2.69 bits per heavy atom. The van der Waals surface area contributed by atoms with Crippen molar-refractivity contribution >= 4 is 18.3 Å². The summed E-state index contributed by atoms with van der Waals surface area (Å²) in [7, 11) is 0. The Kier molecular flexibility index (Phi) is 6.90. The van der Waals surface area contributed by atoms with Gasteiger partial charge in [-0.25, -0.2) is 0 Å². The highest BCUT2D eigenvalue weighted by Crippen LogP contribution is 2.11. The molecule has 0 aromatic heterocycles. The summed E-state index contributed by atoms with van der Waals surface area (Å²) in [6.07, 6.45) is 0.400.